The predicted octanol–water partition coefficient (Wildman–Crippen LogP) is 5.43. The SMILES string of the molecule is O=C(Nc1cccnc1)c1ccc(-c2nc3ccc(C(=O)NC4C5CC6CC(C5)CC4C6)cc3[nH]2)cc1. The van der Waals surface area contributed by atoms with E-state index in [0.29, 0.717) is 40.5 Å². The number of imidazole rings is 1. The number of amides is 2. The van der Waals surface area contributed by atoms with Gasteiger partial charge in [0.25, 0.3) is 11.8 Å². The molecule has 0 saturated heterocycles. The second-order valence-electron chi connectivity index (χ2n) is 11.0. The summed E-state index contributed by atoms with van der Waals surface area (Å²) in [5, 5.41) is 6.24. The minimum atomic E-state index is -0.195. The molecule has 4 aromatic rings. The van der Waals surface area contributed by atoms with E-state index in [2.05, 4.69) is 20.6 Å². The molecule has 8 rings (SSSR count). The van der Waals surface area contributed by atoms with Crippen molar-refractivity contribution in [3.05, 3.63) is 78.1 Å². The molecular formula is C30H29N5O2. The van der Waals surface area contributed by atoms with Gasteiger partial charge in [-0.3, -0.25) is 14.6 Å². The first kappa shape index (κ1) is 22.2. The Labute approximate surface area is 215 Å². The number of hydrogen-bond donors (Lipinski definition) is 3. The normalized spacial score (nSPS) is 25.8. The van der Waals surface area contributed by atoms with E-state index >= 15 is 0 Å². The third-order valence-electron chi connectivity index (χ3n) is 8.61. The summed E-state index contributed by atoms with van der Waals surface area (Å²) in [5.74, 6) is 3.60. The Kier molecular flexibility index (Phi) is 5.30. The second-order valence-corrected chi connectivity index (χ2v) is 11.0. The van der Waals surface area contributed by atoms with Gasteiger partial charge in [0.15, 0.2) is 0 Å². The molecular weight excluding hydrogens is 462 g/mol. The van der Waals surface area contributed by atoms with Gasteiger partial charge in [-0.05, 0) is 98.2 Å². The van der Waals surface area contributed by atoms with Crippen molar-refractivity contribution in [2.45, 2.75) is 38.1 Å². The van der Waals surface area contributed by atoms with Gasteiger partial charge in [-0.2, -0.15) is 0 Å². The van der Waals surface area contributed by atoms with Gasteiger partial charge in [0, 0.05) is 28.9 Å². The van der Waals surface area contributed by atoms with E-state index in [9.17, 15) is 9.59 Å². The molecule has 4 aliphatic rings. The van der Waals surface area contributed by atoms with Crippen LogP contribution < -0.4 is 10.6 Å². The summed E-state index contributed by atoms with van der Waals surface area (Å²) >= 11 is 0. The molecule has 0 unspecified atom stereocenters. The molecule has 37 heavy (non-hydrogen) atoms. The van der Waals surface area contributed by atoms with E-state index in [0.717, 1.165) is 28.4 Å². The predicted molar refractivity (Wildman–Crippen MR) is 142 cm³/mol. The van der Waals surface area contributed by atoms with Crippen LogP contribution in [0.2, 0.25) is 0 Å². The average Bonchev–Trinajstić information content (AvgIpc) is 3.34. The number of benzene rings is 2. The molecule has 2 heterocycles. The number of H-pyrrole nitrogens is 1. The third kappa shape index (κ3) is 4.18. The molecule has 4 bridgehead atoms. The lowest BCUT2D eigenvalue weighted by Gasteiger charge is -2.54. The van der Waals surface area contributed by atoms with Gasteiger partial charge >= 0.3 is 0 Å². The van der Waals surface area contributed by atoms with E-state index in [-0.39, 0.29) is 11.8 Å². The maximum absolute atomic E-state index is 13.2. The molecule has 7 heteroatoms. The zero-order valence-corrected chi connectivity index (χ0v) is 20.5. The minimum Gasteiger partial charge on any atom is -0.349 e. The topological polar surface area (TPSA) is 99.8 Å². The van der Waals surface area contributed by atoms with Crippen LogP contribution in [0, 0.1) is 23.7 Å². The molecule has 0 aliphatic heterocycles. The molecule has 4 aliphatic carbocycles. The van der Waals surface area contributed by atoms with Crippen LogP contribution in [0.25, 0.3) is 22.4 Å². The first-order chi connectivity index (χ1) is 18.1. The van der Waals surface area contributed by atoms with Gasteiger partial charge in [0.1, 0.15) is 5.82 Å². The standard InChI is InChI=1S/C30H29N5O2/c36-29(32-24-2-1-9-31-16-24)20-5-3-19(4-6-20)28-33-25-8-7-21(15-26(25)34-28)30(37)35-27-22-11-17-10-18(13-22)14-23(27)12-17/h1-9,15-18,22-23,27H,10-14H2,(H,32,36)(H,33,34)(H,35,37). The van der Waals surface area contributed by atoms with Crippen molar-refractivity contribution in [2.75, 3.05) is 5.32 Å². The number of anilines is 1. The maximum Gasteiger partial charge on any atom is 0.255 e. The van der Waals surface area contributed by atoms with Crippen LogP contribution in [0.4, 0.5) is 5.69 Å². The van der Waals surface area contributed by atoms with E-state index in [1.165, 1.54) is 32.1 Å². The molecule has 4 fully saturated rings. The number of nitrogens with one attached hydrogen (secondary N) is 3. The summed E-state index contributed by atoms with van der Waals surface area (Å²) in [4.78, 5) is 37.8. The number of fused-ring (bicyclic) bond motifs is 1. The van der Waals surface area contributed by atoms with Crippen LogP contribution in [0.5, 0.6) is 0 Å². The summed E-state index contributed by atoms with van der Waals surface area (Å²) in [5.41, 5.74) is 4.36. The first-order valence-corrected chi connectivity index (χ1v) is 13.2. The van der Waals surface area contributed by atoms with E-state index < -0.39 is 0 Å². The Morgan fingerprint density at radius 3 is 2.27 bits per heavy atom. The molecule has 2 amide bonds. The number of aromatic amines is 1. The molecule has 4 saturated carbocycles. The van der Waals surface area contributed by atoms with Crippen molar-refractivity contribution < 1.29 is 9.59 Å². The Hall–Kier alpha value is -4.00. The number of carbonyl (C=O) groups is 2. The fourth-order valence-electron chi connectivity index (χ4n) is 7.10. The van der Waals surface area contributed by atoms with Crippen LogP contribution in [-0.2, 0) is 0 Å². The number of pyridine rings is 1. The lowest BCUT2D eigenvalue weighted by molar-refractivity contribution is -0.0119. The lowest BCUT2D eigenvalue weighted by Crippen LogP contribution is -2.55. The van der Waals surface area contributed by atoms with Gasteiger partial charge in [-0.1, -0.05) is 12.1 Å². The van der Waals surface area contributed by atoms with Gasteiger partial charge in [-0.15, -0.1) is 0 Å². The minimum absolute atomic E-state index is 0.0134. The van der Waals surface area contributed by atoms with Gasteiger partial charge in [-0.25, -0.2) is 4.98 Å². The van der Waals surface area contributed by atoms with E-state index in [4.69, 9.17) is 4.98 Å². The number of hydrogen-bond acceptors (Lipinski definition) is 4. The highest BCUT2D eigenvalue weighted by Crippen LogP contribution is 2.53. The second kappa shape index (κ2) is 8.83. The summed E-state index contributed by atoms with van der Waals surface area (Å²) in [6, 6.07) is 16.8. The maximum atomic E-state index is 13.2. The first-order valence-electron chi connectivity index (χ1n) is 13.2. The highest BCUT2D eigenvalue weighted by molar-refractivity contribution is 6.04. The summed E-state index contributed by atoms with van der Waals surface area (Å²) < 4.78 is 0. The van der Waals surface area contributed by atoms with Crippen LogP contribution in [0.15, 0.2) is 67.0 Å². The monoisotopic (exact) mass is 491 g/mol. The van der Waals surface area contributed by atoms with Crippen LogP contribution in [-0.4, -0.2) is 32.8 Å². The number of aromatic nitrogens is 3. The highest BCUT2D eigenvalue weighted by atomic mass is 16.2. The highest BCUT2D eigenvalue weighted by Gasteiger charge is 2.48. The summed E-state index contributed by atoms with van der Waals surface area (Å²) in [7, 11) is 0. The van der Waals surface area contributed by atoms with Crippen molar-refractivity contribution in [1.29, 1.82) is 0 Å². The zero-order valence-electron chi connectivity index (χ0n) is 20.5. The van der Waals surface area contributed by atoms with Gasteiger partial charge in [0.05, 0.1) is 22.9 Å². The summed E-state index contributed by atoms with van der Waals surface area (Å²) in [6.45, 7) is 0. The smallest absolute Gasteiger partial charge is 0.255 e. The average molecular weight is 492 g/mol. The van der Waals surface area contributed by atoms with Crippen LogP contribution >= 0.6 is 0 Å². The van der Waals surface area contributed by atoms with Crippen molar-refractivity contribution in [1.82, 2.24) is 20.3 Å². The Bertz CT molecular complexity index is 1450. The summed E-state index contributed by atoms with van der Waals surface area (Å²) in [6.07, 6.45) is 9.81. The third-order valence-corrected chi connectivity index (χ3v) is 8.61. The molecule has 0 atom stereocenters. The van der Waals surface area contributed by atoms with Crippen molar-refractivity contribution >= 4 is 28.5 Å². The Balaban J connectivity index is 1.06. The Morgan fingerprint density at radius 2 is 1.57 bits per heavy atom. The van der Waals surface area contributed by atoms with Gasteiger partial charge < -0.3 is 15.6 Å². The fraction of sp³-hybridized carbons (Fsp3) is 0.333. The molecule has 2 aromatic carbocycles. The lowest BCUT2D eigenvalue weighted by atomic mass is 9.54. The van der Waals surface area contributed by atoms with Crippen LogP contribution in [0.1, 0.15) is 52.8 Å². The quantitative estimate of drug-likeness (QED) is 0.346. The molecule has 7 nitrogen and oxygen atoms in total. The van der Waals surface area contributed by atoms with Crippen LogP contribution in [0.3, 0.4) is 0 Å². The number of nitrogens with zero attached hydrogens (tertiary/aromatic N) is 2. The number of rotatable bonds is 5. The van der Waals surface area contributed by atoms with Crippen molar-refractivity contribution in [3.63, 3.8) is 0 Å². The fourth-order valence-corrected chi connectivity index (χ4v) is 7.10. The molecule has 0 radical (unpaired) electrons. The molecule has 3 N–H and O–H groups in total. The van der Waals surface area contributed by atoms with Gasteiger partial charge in [0.2, 0.25) is 0 Å². The van der Waals surface area contributed by atoms with E-state index in [1.54, 1.807) is 36.7 Å². The zero-order chi connectivity index (χ0) is 24.9. The molecule has 0 spiro atoms. The molecule has 186 valence electrons. The molecule has 2 aromatic heterocycles. The van der Waals surface area contributed by atoms with Crippen molar-refractivity contribution in [2.24, 2.45) is 23.7 Å². The Morgan fingerprint density at radius 1 is 0.838 bits per heavy atom. The largest absolute Gasteiger partial charge is 0.349 e. The van der Waals surface area contributed by atoms with Crippen molar-refractivity contribution in [3.8, 4) is 11.4 Å². The van der Waals surface area contributed by atoms with E-state index in [1.807, 2.05) is 30.3 Å². The number of carbonyl (C=O) groups excluding carboxylic acids is 2.